The zero-order valence-corrected chi connectivity index (χ0v) is 10.9. The Hall–Kier alpha value is -2.97. The van der Waals surface area contributed by atoms with E-state index >= 15 is 0 Å². The van der Waals surface area contributed by atoms with Crippen molar-refractivity contribution >= 4 is 11.9 Å². The van der Waals surface area contributed by atoms with Crippen LogP contribution >= 0.6 is 0 Å². The quantitative estimate of drug-likeness (QED) is 0.835. The van der Waals surface area contributed by atoms with Gasteiger partial charge in [0.15, 0.2) is 0 Å². The van der Waals surface area contributed by atoms with Gasteiger partial charge in [-0.15, -0.1) is 5.10 Å². The van der Waals surface area contributed by atoms with Crippen LogP contribution in [0.25, 0.3) is 11.5 Å². The van der Waals surface area contributed by atoms with Gasteiger partial charge in [0.1, 0.15) is 12.4 Å². The van der Waals surface area contributed by atoms with Gasteiger partial charge in [-0.05, 0) is 24.3 Å². The molecule has 1 aromatic carbocycles. The SMILES string of the molecule is CNC(=O)NC(=O)Cn1nc(-c2ccc(F)cc2)oc1=O. The molecule has 0 aliphatic carbocycles. The number of nitrogens with one attached hydrogen (secondary N) is 2. The second-order valence-corrected chi connectivity index (χ2v) is 3.96. The number of halogens is 1. The largest absolute Gasteiger partial charge is 0.437 e. The zero-order valence-electron chi connectivity index (χ0n) is 10.9. The summed E-state index contributed by atoms with van der Waals surface area (Å²) in [7, 11) is 1.34. The number of carbonyl (C=O) groups excluding carboxylic acids is 2. The number of urea groups is 1. The highest BCUT2D eigenvalue weighted by atomic mass is 19.1. The summed E-state index contributed by atoms with van der Waals surface area (Å²) in [6.45, 7) is -0.475. The van der Waals surface area contributed by atoms with E-state index in [0.717, 1.165) is 4.68 Å². The monoisotopic (exact) mass is 294 g/mol. The third-order valence-electron chi connectivity index (χ3n) is 2.47. The molecule has 0 unspecified atom stereocenters. The van der Waals surface area contributed by atoms with Gasteiger partial charge in [0.2, 0.25) is 11.8 Å². The lowest BCUT2D eigenvalue weighted by atomic mass is 10.2. The van der Waals surface area contributed by atoms with Crippen LogP contribution in [0.4, 0.5) is 9.18 Å². The van der Waals surface area contributed by atoms with E-state index in [0.29, 0.717) is 5.56 Å². The lowest BCUT2D eigenvalue weighted by Crippen LogP contribution is -2.40. The Morgan fingerprint density at radius 1 is 1.33 bits per heavy atom. The molecule has 2 aromatic rings. The van der Waals surface area contributed by atoms with Gasteiger partial charge < -0.3 is 9.73 Å². The van der Waals surface area contributed by atoms with E-state index in [1.165, 1.54) is 31.3 Å². The van der Waals surface area contributed by atoms with E-state index < -0.39 is 30.1 Å². The summed E-state index contributed by atoms with van der Waals surface area (Å²) in [5.41, 5.74) is 0.388. The first-order valence-electron chi connectivity index (χ1n) is 5.85. The Balaban J connectivity index is 2.16. The van der Waals surface area contributed by atoms with Crippen molar-refractivity contribution < 1.29 is 18.4 Å². The molecular formula is C12H11FN4O4. The van der Waals surface area contributed by atoms with E-state index in [4.69, 9.17) is 4.42 Å². The molecule has 0 aliphatic heterocycles. The van der Waals surface area contributed by atoms with Gasteiger partial charge in [-0.25, -0.2) is 14.0 Å². The van der Waals surface area contributed by atoms with Crippen LogP contribution in [0.15, 0.2) is 33.5 Å². The molecule has 0 atom stereocenters. The Morgan fingerprint density at radius 2 is 2.00 bits per heavy atom. The topological polar surface area (TPSA) is 106 Å². The number of hydrogen-bond acceptors (Lipinski definition) is 5. The molecule has 2 N–H and O–H groups in total. The Morgan fingerprint density at radius 3 is 2.62 bits per heavy atom. The summed E-state index contributed by atoms with van der Waals surface area (Å²) in [6.07, 6.45) is 0. The van der Waals surface area contributed by atoms with E-state index in [1.54, 1.807) is 0 Å². The number of aromatic nitrogens is 2. The smallest absolute Gasteiger partial charge is 0.388 e. The number of benzene rings is 1. The summed E-state index contributed by atoms with van der Waals surface area (Å²) in [5.74, 6) is -2.07. The Kier molecular flexibility index (Phi) is 4.12. The average Bonchev–Trinajstić information content (AvgIpc) is 2.80. The van der Waals surface area contributed by atoms with Gasteiger partial charge in [-0.1, -0.05) is 0 Å². The van der Waals surface area contributed by atoms with Crippen molar-refractivity contribution in [2.45, 2.75) is 6.54 Å². The van der Waals surface area contributed by atoms with Gasteiger partial charge in [0.05, 0.1) is 0 Å². The van der Waals surface area contributed by atoms with Crippen LogP contribution in [0.5, 0.6) is 0 Å². The van der Waals surface area contributed by atoms with Crippen molar-refractivity contribution in [1.29, 1.82) is 0 Å². The number of carbonyl (C=O) groups is 2. The van der Waals surface area contributed by atoms with Crippen LogP contribution in [0.3, 0.4) is 0 Å². The maximum atomic E-state index is 12.8. The van der Waals surface area contributed by atoms with E-state index in [1.807, 2.05) is 5.32 Å². The molecule has 110 valence electrons. The van der Waals surface area contributed by atoms with Crippen molar-refractivity contribution in [3.8, 4) is 11.5 Å². The van der Waals surface area contributed by atoms with Gasteiger partial charge in [-0.2, -0.15) is 4.68 Å². The summed E-state index contributed by atoms with van der Waals surface area (Å²) in [4.78, 5) is 34.0. The number of imide groups is 1. The normalized spacial score (nSPS) is 10.2. The molecule has 2 rings (SSSR count). The molecule has 0 fully saturated rings. The maximum Gasteiger partial charge on any atom is 0.437 e. The number of nitrogens with zero attached hydrogens (tertiary/aromatic N) is 2. The molecule has 0 aliphatic rings. The third kappa shape index (κ3) is 3.53. The fourth-order valence-corrected chi connectivity index (χ4v) is 1.48. The van der Waals surface area contributed by atoms with Crippen molar-refractivity contribution in [1.82, 2.24) is 20.4 Å². The standard InChI is InChI=1S/C12H11FN4O4/c1-14-11(19)15-9(18)6-17-12(20)21-10(16-17)7-2-4-8(13)5-3-7/h2-5H,6H2,1H3,(H2,14,15,18,19). The number of amides is 3. The van der Waals surface area contributed by atoms with Crippen LogP contribution in [-0.2, 0) is 11.3 Å². The minimum absolute atomic E-state index is 0.0484. The van der Waals surface area contributed by atoms with Crippen molar-refractivity contribution in [3.05, 3.63) is 40.6 Å². The van der Waals surface area contributed by atoms with E-state index in [2.05, 4.69) is 10.4 Å². The minimum Gasteiger partial charge on any atom is -0.388 e. The first-order valence-corrected chi connectivity index (χ1v) is 5.85. The average molecular weight is 294 g/mol. The van der Waals surface area contributed by atoms with Crippen LogP contribution in [0.1, 0.15) is 0 Å². The van der Waals surface area contributed by atoms with Crippen molar-refractivity contribution in [2.24, 2.45) is 0 Å². The lowest BCUT2D eigenvalue weighted by molar-refractivity contribution is -0.120. The third-order valence-corrected chi connectivity index (χ3v) is 2.47. The predicted molar refractivity (Wildman–Crippen MR) is 68.8 cm³/mol. The molecule has 1 heterocycles. The molecule has 8 nitrogen and oxygen atoms in total. The lowest BCUT2D eigenvalue weighted by Gasteiger charge is -2.01. The number of rotatable bonds is 3. The molecule has 1 aromatic heterocycles. The fraction of sp³-hybridized carbons (Fsp3) is 0.167. The molecule has 0 saturated carbocycles. The van der Waals surface area contributed by atoms with E-state index in [-0.39, 0.29) is 5.89 Å². The molecule has 0 saturated heterocycles. The zero-order chi connectivity index (χ0) is 15.4. The van der Waals surface area contributed by atoms with Crippen molar-refractivity contribution in [2.75, 3.05) is 7.05 Å². The first-order chi connectivity index (χ1) is 9.99. The maximum absolute atomic E-state index is 12.8. The Bertz CT molecular complexity index is 720. The predicted octanol–water partition coefficient (Wildman–Crippen LogP) is 0.0980. The van der Waals surface area contributed by atoms with Gasteiger partial charge in [0, 0.05) is 12.6 Å². The van der Waals surface area contributed by atoms with Crippen LogP contribution in [0.2, 0.25) is 0 Å². The van der Waals surface area contributed by atoms with Crippen LogP contribution in [0, 0.1) is 5.82 Å². The van der Waals surface area contributed by atoms with Gasteiger partial charge in [-0.3, -0.25) is 10.1 Å². The molecule has 0 spiro atoms. The second-order valence-electron chi connectivity index (χ2n) is 3.96. The second kappa shape index (κ2) is 5.99. The molecule has 0 radical (unpaired) electrons. The molecular weight excluding hydrogens is 283 g/mol. The highest BCUT2D eigenvalue weighted by Gasteiger charge is 2.14. The highest BCUT2D eigenvalue weighted by Crippen LogP contribution is 2.15. The molecule has 21 heavy (non-hydrogen) atoms. The summed E-state index contributed by atoms with van der Waals surface area (Å²) in [5, 5.41) is 7.98. The van der Waals surface area contributed by atoms with Gasteiger partial charge in [0.25, 0.3) is 0 Å². The molecule has 9 heteroatoms. The van der Waals surface area contributed by atoms with Crippen LogP contribution < -0.4 is 16.4 Å². The summed E-state index contributed by atoms with van der Waals surface area (Å²) in [6, 6.07) is 4.44. The Labute approximate surface area is 117 Å². The first kappa shape index (κ1) is 14.4. The van der Waals surface area contributed by atoms with Gasteiger partial charge >= 0.3 is 11.8 Å². The van der Waals surface area contributed by atoms with Crippen molar-refractivity contribution in [3.63, 3.8) is 0 Å². The summed E-state index contributed by atoms with van der Waals surface area (Å²) < 4.78 is 18.4. The number of hydrogen-bond donors (Lipinski definition) is 2. The summed E-state index contributed by atoms with van der Waals surface area (Å²) >= 11 is 0. The van der Waals surface area contributed by atoms with Crippen LogP contribution in [-0.4, -0.2) is 28.8 Å². The molecule has 0 bridgehead atoms. The highest BCUT2D eigenvalue weighted by molar-refractivity contribution is 5.93. The fourth-order valence-electron chi connectivity index (χ4n) is 1.48. The minimum atomic E-state index is -0.860. The van der Waals surface area contributed by atoms with E-state index in [9.17, 15) is 18.8 Å². The molecule has 3 amide bonds.